The standard InChI is InChI=1S/C13H26N2O/c1-5-11(14)12(16)15(4)10-6-8-13(2,3)9-7-10/h10-11H,5-9,14H2,1-4H3/t11-/m1/s1. The highest BCUT2D eigenvalue weighted by Crippen LogP contribution is 2.36. The molecule has 0 saturated heterocycles. The van der Waals surface area contributed by atoms with Crippen LogP contribution in [-0.4, -0.2) is 29.9 Å². The van der Waals surface area contributed by atoms with Crippen molar-refractivity contribution in [3.05, 3.63) is 0 Å². The van der Waals surface area contributed by atoms with Crippen molar-refractivity contribution in [3.8, 4) is 0 Å². The van der Waals surface area contributed by atoms with E-state index >= 15 is 0 Å². The maximum Gasteiger partial charge on any atom is 0.239 e. The van der Waals surface area contributed by atoms with Crippen LogP contribution in [0.3, 0.4) is 0 Å². The summed E-state index contributed by atoms with van der Waals surface area (Å²) in [6, 6.07) is 0.0815. The molecular formula is C13H26N2O. The second-order valence-electron chi connectivity index (χ2n) is 5.86. The molecule has 0 unspecified atom stereocenters. The maximum absolute atomic E-state index is 11.9. The molecule has 0 spiro atoms. The van der Waals surface area contributed by atoms with E-state index in [2.05, 4.69) is 13.8 Å². The van der Waals surface area contributed by atoms with Crippen LogP contribution < -0.4 is 5.73 Å². The number of hydrogen-bond acceptors (Lipinski definition) is 2. The fraction of sp³-hybridized carbons (Fsp3) is 0.923. The van der Waals surface area contributed by atoms with E-state index in [0.717, 1.165) is 19.3 Å². The first-order valence-electron chi connectivity index (χ1n) is 6.39. The molecule has 1 fully saturated rings. The monoisotopic (exact) mass is 226 g/mol. The number of nitrogens with zero attached hydrogens (tertiary/aromatic N) is 1. The lowest BCUT2D eigenvalue weighted by molar-refractivity contribution is -0.134. The summed E-state index contributed by atoms with van der Waals surface area (Å²) in [7, 11) is 1.90. The first kappa shape index (κ1) is 13.5. The molecule has 1 saturated carbocycles. The van der Waals surface area contributed by atoms with Crippen LogP contribution in [0.2, 0.25) is 0 Å². The van der Waals surface area contributed by atoms with Crippen molar-refractivity contribution in [2.75, 3.05) is 7.05 Å². The number of carbonyl (C=O) groups is 1. The Labute approximate surface area is 99.4 Å². The van der Waals surface area contributed by atoms with Gasteiger partial charge in [-0.3, -0.25) is 4.79 Å². The molecule has 1 aliphatic rings. The Morgan fingerprint density at radius 3 is 2.38 bits per heavy atom. The summed E-state index contributed by atoms with van der Waals surface area (Å²) < 4.78 is 0. The Morgan fingerprint density at radius 1 is 1.44 bits per heavy atom. The highest BCUT2D eigenvalue weighted by Gasteiger charge is 2.31. The third-order valence-corrected chi connectivity index (χ3v) is 3.96. The molecule has 0 aromatic carbocycles. The number of carbonyl (C=O) groups excluding carboxylic acids is 1. The predicted molar refractivity (Wildman–Crippen MR) is 67.1 cm³/mol. The highest BCUT2D eigenvalue weighted by atomic mass is 16.2. The molecule has 3 heteroatoms. The third-order valence-electron chi connectivity index (χ3n) is 3.96. The average molecular weight is 226 g/mol. The number of hydrogen-bond donors (Lipinski definition) is 1. The van der Waals surface area contributed by atoms with Gasteiger partial charge in [-0.15, -0.1) is 0 Å². The SMILES string of the molecule is CC[C@@H](N)C(=O)N(C)C1CCC(C)(C)CC1. The van der Waals surface area contributed by atoms with Gasteiger partial charge in [0.1, 0.15) is 0 Å². The van der Waals surface area contributed by atoms with Crippen LogP contribution in [0.5, 0.6) is 0 Å². The Kier molecular flexibility index (Phi) is 4.36. The van der Waals surface area contributed by atoms with Crippen molar-refractivity contribution in [1.29, 1.82) is 0 Å². The summed E-state index contributed by atoms with van der Waals surface area (Å²) >= 11 is 0. The molecule has 0 aromatic rings. The molecule has 0 aromatic heterocycles. The van der Waals surface area contributed by atoms with Gasteiger partial charge < -0.3 is 10.6 Å². The van der Waals surface area contributed by atoms with Gasteiger partial charge >= 0.3 is 0 Å². The molecule has 3 nitrogen and oxygen atoms in total. The minimum atomic E-state index is -0.320. The molecule has 1 aliphatic carbocycles. The second-order valence-corrected chi connectivity index (χ2v) is 5.86. The van der Waals surface area contributed by atoms with Gasteiger partial charge in [-0.25, -0.2) is 0 Å². The van der Waals surface area contributed by atoms with Gasteiger partial charge in [0, 0.05) is 13.1 Å². The average Bonchev–Trinajstić information content (AvgIpc) is 2.26. The van der Waals surface area contributed by atoms with Crippen LogP contribution in [-0.2, 0) is 4.79 Å². The summed E-state index contributed by atoms with van der Waals surface area (Å²) in [5.74, 6) is 0.104. The van der Waals surface area contributed by atoms with Gasteiger partial charge in [0.05, 0.1) is 6.04 Å². The summed E-state index contributed by atoms with van der Waals surface area (Å²) in [5, 5.41) is 0. The van der Waals surface area contributed by atoms with Crippen molar-refractivity contribution in [2.45, 2.75) is 65.0 Å². The van der Waals surface area contributed by atoms with E-state index < -0.39 is 0 Å². The Balaban J connectivity index is 2.50. The molecule has 2 N–H and O–H groups in total. The van der Waals surface area contributed by atoms with Gasteiger partial charge in [0.25, 0.3) is 0 Å². The molecule has 0 heterocycles. The van der Waals surface area contributed by atoms with Crippen LogP contribution >= 0.6 is 0 Å². The van der Waals surface area contributed by atoms with E-state index in [4.69, 9.17) is 5.73 Å². The van der Waals surface area contributed by atoms with Gasteiger partial charge in [-0.1, -0.05) is 20.8 Å². The van der Waals surface area contributed by atoms with Crippen molar-refractivity contribution < 1.29 is 4.79 Å². The molecule has 1 amide bonds. The van der Waals surface area contributed by atoms with Crippen LogP contribution in [0.4, 0.5) is 0 Å². The summed E-state index contributed by atoms with van der Waals surface area (Å²) in [6.07, 6.45) is 5.37. The molecular weight excluding hydrogens is 200 g/mol. The molecule has 1 rings (SSSR count). The summed E-state index contributed by atoms with van der Waals surface area (Å²) in [4.78, 5) is 13.8. The van der Waals surface area contributed by atoms with Gasteiger partial charge in [0.15, 0.2) is 0 Å². The second kappa shape index (κ2) is 5.17. The Bertz CT molecular complexity index is 240. The van der Waals surface area contributed by atoms with Crippen LogP contribution in [0.25, 0.3) is 0 Å². The fourth-order valence-electron chi connectivity index (χ4n) is 2.39. The zero-order chi connectivity index (χ0) is 12.3. The zero-order valence-electron chi connectivity index (χ0n) is 11.1. The number of nitrogens with two attached hydrogens (primary N) is 1. The molecule has 0 bridgehead atoms. The quantitative estimate of drug-likeness (QED) is 0.801. The smallest absolute Gasteiger partial charge is 0.239 e. The first-order chi connectivity index (χ1) is 7.37. The van der Waals surface area contributed by atoms with E-state index in [1.807, 2.05) is 18.9 Å². The van der Waals surface area contributed by atoms with Gasteiger partial charge in [-0.2, -0.15) is 0 Å². The lowest BCUT2D eigenvalue weighted by atomic mass is 9.75. The van der Waals surface area contributed by atoms with Crippen LogP contribution in [0.15, 0.2) is 0 Å². The number of rotatable bonds is 3. The lowest BCUT2D eigenvalue weighted by Crippen LogP contribution is -2.47. The summed E-state index contributed by atoms with van der Waals surface area (Å²) in [6.45, 7) is 6.58. The zero-order valence-corrected chi connectivity index (χ0v) is 11.1. The van der Waals surface area contributed by atoms with Crippen molar-refractivity contribution in [3.63, 3.8) is 0 Å². The van der Waals surface area contributed by atoms with E-state index in [9.17, 15) is 4.79 Å². The highest BCUT2D eigenvalue weighted by molar-refractivity contribution is 5.81. The largest absolute Gasteiger partial charge is 0.341 e. The molecule has 0 radical (unpaired) electrons. The number of likely N-dealkylation sites (N-methyl/N-ethyl adjacent to an activating group) is 1. The Hall–Kier alpha value is -0.570. The van der Waals surface area contributed by atoms with Crippen molar-refractivity contribution in [1.82, 2.24) is 4.90 Å². The Morgan fingerprint density at radius 2 is 1.94 bits per heavy atom. The normalized spacial score (nSPS) is 22.8. The minimum Gasteiger partial charge on any atom is -0.341 e. The number of amides is 1. The van der Waals surface area contributed by atoms with Gasteiger partial charge in [-0.05, 0) is 37.5 Å². The molecule has 0 aliphatic heterocycles. The van der Waals surface area contributed by atoms with Crippen LogP contribution in [0, 0.1) is 5.41 Å². The third kappa shape index (κ3) is 3.21. The van der Waals surface area contributed by atoms with E-state index in [1.54, 1.807) is 0 Å². The van der Waals surface area contributed by atoms with E-state index in [1.165, 1.54) is 12.8 Å². The topological polar surface area (TPSA) is 46.3 Å². The first-order valence-corrected chi connectivity index (χ1v) is 6.39. The van der Waals surface area contributed by atoms with E-state index in [-0.39, 0.29) is 11.9 Å². The van der Waals surface area contributed by atoms with Crippen molar-refractivity contribution >= 4 is 5.91 Å². The maximum atomic E-state index is 11.9. The lowest BCUT2D eigenvalue weighted by Gasteiger charge is -2.39. The molecule has 94 valence electrons. The molecule has 1 atom stereocenters. The molecule has 16 heavy (non-hydrogen) atoms. The fourth-order valence-corrected chi connectivity index (χ4v) is 2.39. The minimum absolute atomic E-state index is 0.104. The predicted octanol–water partition coefficient (Wildman–Crippen LogP) is 2.15. The van der Waals surface area contributed by atoms with Crippen molar-refractivity contribution in [2.24, 2.45) is 11.1 Å². The summed E-state index contributed by atoms with van der Waals surface area (Å²) in [5.41, 5.74) is 6.24. The van der Waals surface area contributed by atoms with Gasteiger partial charge in [0.2, 0.25) is 5.91 Å². The van der Waals surface area contributed by atoms with Crippen LogP contribution in [0.1, 0.15) is 52.9 Å². The van der Waals surface area contributed by atoms with E-state index in [0.29, 0.717) is 11.5 Å².